The Hall–Kier alpha value is -4.66. The number of nitrogens with zero attached hydrogens (tertiary/aromatic N) is 3. The maximum Gasteiger partial charge on any atom is 0.253 e. The second-order valence-electron chi connectivity index (χ2n) is 8.81. The molecule has 0 radical (unpaired) electrons. The van der Waals surface area contributed by atoms with E-state index >= 15 is 0 Å². The van der Waals surface area contributed by atoms with E-state index in [4.69, 9.17) is 10.5 Å². The molecule has 0 aliphatic carbocycles. The number of para-hydroxylation sites is 3. The third-order valence-electron chi connectivity index (χ3n) is 6.12. The zero-order chi connectivity index (χ0) is 26.7. The highest BCUT2D eigenvalue weighted by Crippen LogP contribution is 2.39. The molecule has 3 aromatic rings. The third-order valence-corrected chi connectivity index (χ3v) is 6.12. The van der Waals surface area contributed by atoms with Crippen LogP contribution in [0, 0.1) is 5.92 Å². The van der Waals surface area contributed by atoms with Crippen LogP contribution in [0.4, 0.5) is 22.7 Å². The van der Waals surface area contributed by atoms with Crippen LogP contribution in [-0.4, -0.2) is 43.3 Å². The summed E-state index contributed by atoms with van der Waals surface area (Å²) in [6, 6.07) is 22.1. The van der Waals surface area contributed by atoms with Crippen molar-refractivity contribution in [1.29, 1.82) is 0 Å². The molecule has 37 heavy (non-hydrogen) atoms. The molecule has 0 saturated heterocycles. The van der Waals surface area contributed by atoms with E-state index in [0.29, 0.717) is 28.5 Å². The number of carbonyl (C=O) groups is 4. The summed E-state index contributed by atoms with van der Waals surface area (Å²) in [4.78, 5) is 57.4. The van der Waals surface area contributed by atoms with Gasteiger partial charge in [0, 0.05) is 17.4 Å². The van der Waals surface area contributed by atoms with Gasteiger partial charge in [0.15, 0.2) is 5.92 Å². The Bertz CT molecular complexity index is 1320. The van der Waals surface area contributed by atoms with Crippen LogP contribution in [-0.2, 0) is 19.2 Å². The predicted molar refractivity (Wildman–Crippen MR) is 141 cm³/mol. The minimum Gasteiger partial charge on any atom is -0.497 e. The molecular formula is C28H28N4O5. The predicted octanol–water partition coefficient (Wildman–Crippen LogP) is 3.25. The summed E-state index contributed by atoms with van der Waals surface area (Å²) < 4.78 is 5.21. The van der Waals surface area contributed by atoms with Crippen LogP contribution >= 0.6 is 0 Å². The van der Waals surface area contributed by atoms with Gasteiger partial charge in [0.1, 0.15) is 12.3 Å². The van der Waals surface area contributed by atoms with Crippen molar-refractivity contribution in [1.82, 2.24) is 0 Å². The summed E-state index contributed by atoms with van der Waals surface area (Å²) in [7, 11) is 1.55. The Morgan fingerprint density at radius 2 is 1.49 bits per heavy atom. The number of rotatable bonds is 7. The van der Waals surface area contributed by atoms with Gasteiger partial charge in [-0.25, -0.2) is 0 Å². The number of anilines is 4. The summed E-state index contributed by atoms with van der Waals surface area (Å²) in [6.07, 6.45) is 0. The van der Waals surface area contributed by atoms with Crippen LogP contribution in [0.3, 0.4) is 0 Å². The van der Waals surface area contributed by atoms with Crippen LogP contribution in [0.25, 0.3) is 0 Å². The number of ether oxygens (including phenoxy) is 1. The number of primary amides is 1. The molecule has 2 N–H and O–H groups in total. The Balaban J connectivity index is 1.80. The first kappa shape index (κ1) is 25.4. The zero-order valence-corrected chi connectivity index (χ0v) is 20.8. The molecule has 3 aromatic carbocycles. The first-order valence-corrected chi connectivity index (χ1v) is 11.8. The van der Waals surface area contributed by atoms with Crippen LogP contribution < -0.4 is 25.2 Å². The molecule has 0 spiro atoms. The van der Waals surface area contributed by atoms with Crippen molar-refractivity contribution >= 4 is 46.4 Å². The van der Waals surface area contributed by atoms with Crippen molar-refractivity contribution in [3.63, 3.8) is 0 Å². The smallest absolute Gasteiger partial charge is 0.253 e. The maximum absolute atomic E-state index is 13.7. The van der Waals surface area contributed by atoms with Gasteiger partial charge in [-0.05, 0) is 62.4 Å². The monoisotopic (exact) mass is 500 g/mol. The summed E-state index contributed by atoms with van der Waals surface area (Å²) in [6.45, 7) is 3.31. The maximum atomic E-state index is 13.7. The van der Waals surface area contributed by atoms with Crippen molar-refractivity contribution in [3.05, 3.63) is 78.9 Å². The number of hydrogen-bond donors (Lipinski definition) is 1. The average Bonchev–Trinajstić information content (AvgIpc) is 2.97. The van der Waals surface area contributed by atoms with E-state index in [1.54, 1.807) is 90.9 Å². The molecule has 1 unspecified atom stereocenters. The van der Waals surface area contributed by atoms with Gasteiger partial charge in [-0.1, -0.05) is 30.3 Å². The zero-order valence-electron chi connectivity index (χ0n) is 20.8. The Morgan fingerprint density at radius 1 is 0.892 bits per heavy atom. The molecule has 0 fully saturated rings. The Labute approximate surface area is 215 Å². The Morgan fingerprint density at radius 3 is 2.05 bits per heavy atom. The fraction of sp³-hybridized carbons (Fsp3) is 0.214. The van der Waals surface area contributed by atoms with Crippen molar-refractivity contribution in [2.45, 2.75) is 19.9 Å². The van der Waals surface area contributed by atoms with E-state index in [-0.39, 0.29) is 6.04 Å². The lowest BCUT2D eigenvalue weighted by Gasteiger charge is -2.31. The SMILES string of the molecule is COc1ccc(N(C(=O)CN2C(=O)C(C(N)=O)C(=O)N(c3ccccc3)c3ccccc32)C(C)C)cc1. The highest BCUT2D eigenvalue weighted by Gasteiger charge is 2.45. The molecule has 9 heteroatoms. The number of amides is 4. The van der Waals surface area contributed by atoms with E-state index in [2.05, 4.69) is 0 Å². The molecule has 0 saturated carbocycles. The Kier molecular flexibility index (Phi) is 7.24. The fourth-order valence-corrected chi connectivity index (χ4v) is 4.44. The van der Waals surface area contributed by atoms with Crippen LogP contribution in [0.5, 0.6) is 5.75 Å². The first-order valence-electron chi connectivity index (χ1n) is 11.8. The van der Waals surface area contributed by atoms with Gasteiger partial charge in [0.05, 0.1) is 18.5 Å². The lowest BCUT2D eigenvalue weighted by Crippen LogP contribution is -2.51. The van der Waals surface area contributed by atoms with Crippen molar-refractivity contribution in [2.75, 3.05) is 28.4 Å². The van der Waals surface area contributed by atoms with E-state index in [9.17, 15) is 19.2 Å². The number of hydrogen-bond acceptors (Lipinski definition) is 5. The lowest BCUT2D eigenvalue weighted by molar-refractivity contribution is -0.139. The molecule has 1 heterocycles. The molecule has 0 aromatic heterocycles. The quantitative estimate of drug-likeness (QED) is 0.501. The van der Waals surface area contributed by atoms with Gasteiger partial charge < -0.3 is 15.4 Å². The molecule has 4 amide bonds. The number of nitrogens with two attached hydrogens (primary N) is 1. The van der Waals surface area contributed by atoms with Gasteiger partial charge in [0.25, 0.3) is 5.91 Å². The van der Waals surface area contributed by atoms with E-state index in [0.717, 1.165) is 0 Å². The van der Waals surface area contributed by atoms with Crippen LogP contribution in [0.2, 0.25) is 0 Å². The summed E-state index contributed by atoms with van der Waals surface area (Å²) in [5.74, 6) is -4.27. The molecule has 190 valence electrons. The fourth-order valence-electron chi connectivity index (χ4n) is 4.44. The molecule has 1 aliphatic heterocycles. The topological polar surface area (TPSA) is 113 Å². The van der Waals surface area contributed by atoms with Crippen LogP contribution in [0.1, 0.15) is 13.8 Å². The van der Waals surface area contributed by atoms with E-state index in [1.165, 1.54) is 9.80 Å². The molecule has 4 rings (SSSR count). The number of carbonyl (C=O) groups excluding carboxylic acids is 4. The average molecular weight is 501 g/mol. The molecule has 9 nitrogen and oxygen atoms in total. The van der Waals surface area contributed by atoms with Crippen molar-refractivity contribution in [2.24, 2.45) is 11.7 Å². The lowest BCUT2D eigenvalue weighted by atomic mass is 10.1. The van der Waals surface area contributed by atoms with Crippen LogP contribution in [0.15, 0.2) is 78.9 Å². The standard InChI is InChI=1S/C28H28N4O5/c1-18(2)31(20-13-15-21(37-3)16-14-20)24(33)17-30-22-11-7-8-12-23(22)32(19-9-5-4-6-10-19)28(36)25(26(29)34)27(30)35/h4-16,18,25H,17H2,1-3H3,(H2,29,34). The summed E-state index contributed by atoms with van der Waals surface area (Å²) in [5, 5.41) is 0. The number of methoxy groups -OCH3 is 1. The van der Waals surface area contributed by atoms with Gasteiger partial charge in [-0.3, -0.25) is 29.0 Å². The van der Waals surface area contributed by atoms with Gasteiger partial charge >= 0.3 is 0 Å². The summed E-state index contributed by atoms with van der Waals surface area (Å²) in [5.41, 5.74) is 7.34. The molecular weight excluding hydrogens is 472 g/mol. The van der Waals surface area contributed by atoms with Gasteiger partial charge in [-0.2, -0.15) is 0 Å². The normalized spacial score (nSPS) is 15.3. The molecule has 1 aliphatic rings. The molecule has 1 atom stereocenters. The van der Waals surface area contributed by atoms with Crippen molar-refractivity contribution in [3.8, 4) is 5.75 Å². The highest BCUT2D eigenvalue weighted by atomic mass is 16.5. The third kappa shape index (κ3) is 4.88. The van der Waals surface area contributed by atoms with Crippen molar-refractivity contribution < 1.29 is 23.9 Å². The van der Waals surface area contributed by atoms with Gasteiger partial charge in [0.2, 0.25) is 17.7 Å². The van der Waals surface area contributed by atoms with E-state index < -0.39 is 36.1 Å². The van der Waals surface area contributed by atoms with E-state index in [1.807, 2.05) is 13.8 Å². The first-order chi connectivity index (χ1) is 17.7. The highest BCUT2D eigenvalue weighted by molar-refractivity contribution is 6.29. The largest absolute Gasteiger partial charge is 0.497 e. The summed E-state index contributed by atoms with van der Waals surface area (Å²) >= 11 is 0. The molecule has 0 bridgehead atoms. The second-order valence-corrected chi connectivity index (χ2v) is 8.81. The number of benzene rings is 3. The minimum atomic E-state index is -1.80. The van der Waals surface area contributed by atoms with Gasteiger partial charge in [-0.15, -0.1) is 0 Å². The number of fused-ring (bicyclic) bond motifs is 1. The minimum absolute atomic E-state index is 0.243. The second kappa shape index (κ2) is 10.5.